The van der Waals surface area contributed by atoms with Crippen LogP contribution in [0.5, 0.6) is 0 Å². The van der Waals surface area contributed by atoms with Gasteiger partial charge in [0.25, 0.3) is 15.9 Å². The smallest absolute Gasteiger partial charge is 0.262 e. The first-order chi connectivity index (χ1) is 12.8. The Hall–Kier alpha value is -2.34. The predicted molar refractivity (Wildman–Crippen MR) is 108 cm³/mol. The third-order valence-electron chi connectivity index (χ3n) is 5.01. The van der Waals surface area contributed by atoms with Crippen molar-refractivity contribution >= 4 is 21.6 Å². The number of likely N-dealkylation sites (tertiary alicyclic amines) is 1. The Morgan fingerprint density at radius 1 is 0.926 bits per heavy atom. The number of carbonyl (C=O) groups excluding carboxylic acids is 1. The van der Waals surface area contributed by atoms with Gasteiger partial charge >= 0.3 is 0 Å². The van der Waals surface area contributed by atoms with Crippen LogP contribution in [-0.2, 0) is 10.0 Å². The van der Waals surface area contributed by atoms with Gasteiger partial charge in [0, 0.05) is 18.7 Å². The molecule has 0 radical (unpaired) electrons. The molecule has 1 N–H and O–H groups in total. The molecule has 0 saturated carbocycles. The average Bonchev–Trinajstić information content (AvgIpc) is 2.65. The maximum atomic E-state index is 13.0. The number of benzene rings is 2. The lowest BCUT2D eigenvalue weighted by atomic mass is 10.1. The summed E-state index contributed by atoms with van der Waals surface area (Å²) in [6.07, 6.45) is 3.13. The highest BCUT2D eigenvalue weighted by Gasteiger charge is 2.23. The summed E-state index contributed by atoms with van der Waals surface area (Å²) in [6, 6.07) is 10.6. The molecule has 1 aliphatic heterocycles. The quantitative estimate of drug-likeness (QED) is 0.862. The molecular weight excluding hydrogens is 360 g/mol. The zero-order valence-corrected chi connectivity index (χ0v) is 16.9. The first kappa shape index (κ1) is 19.4. The summed E-state index contributed by atoms with van der Waals surface area (Å²) in [5.41, 5.74) is 3.42. The third kappa shape index (κ3) is 4.33. The zero-order chi connectivity index (χ0) is 19.6. The number of anilines is 1. The van der Waals surface area contributed by atoms with Crippen LogP contribution in [0.2, 0.25) is 0 Å². The van der Waals surface area contributed by atoms with Crippen LogP contribution in [0.1, 0.15) is 46.3 Å². The number of rotatable bonds is 4. The molecule has 2 aromatic carbocycles. The molecule has 1 fully saturated rings. The molecule has 1 heterocycles. The Bertz CT molecular complexity index is 961. The highest BCUT2D eigenvalue weighted by molar-refractivity contribution is 7.92. The molecule has 0 atom stereocenters. The van der Waals surface area contributed by atoms with Gasteiger partial charge in [-0.1, -0.05) is 18.2 Å². The van der Waals surface area contributed by atoms with Gasteiger partial charge in [0.1, 0.15) is 0 Å². The minimum atomic E-state index is -3.79. The molecule has 1 saturated heterocycles. The SMILES string of the molecule is Cc1ccc(C)c(NS(=O)(=O)c2cc(C(=O)N3CCCCC3)ccc2C)c1. The molecule has 0 unspecified atom stereocenters. The highest BCUT2D eigenvalue weighted by atomic mass is 32.2. The molecule has 0 spiro atoms. The van der Waals surface area contributed by atoms with Crippen LogP contribution in [0.15, 0.2) is 41.3 Å². The largest absolute Gasteiger partial charge is 0.339 e. The second kappa shape index (κ2) is 7.72. The van der Waals surface area contributed by atoms with Crippen molar-refractivity contribution < 1.29 is 13.2 Å². The van der Waals surface area contributed by atoms with E-state index in [1.807, 2.05) is 36.9 Å². The van der Waals surface area contributed by atoms with E-state index in [2.05, 4.69) is 4.72 Å². The summed E-state index contributed by atoms with van der Waals surface area (Å²) < 4.78 is 28.7. The number of hydrogen-bond donors (Lipinski definition) is 1. The van der Waals surface area contributed by atoms with E-state index in [0.29, 0.717) is 16.8 Å². The fourth-order valence-electron chi connectivity index (χ4n) is 3.35. The van der Waals surface area contributed by atoms with Gasteiger partial charge in [-0.2, -0.15) is 0 Å². The van der Waals surface area contributed by atoms with Gasteiger partial charge in [-0.25, -0.2) is 8.42 Å². The summed E-state index contributed by atoms with van der Waals surface area (Å²) in [4.78, 5) is 14.7. The van der Waals surface area contributed by atoms with Crippen LogP contribution in [-0.4, -0.2) is 32.3 Å². The molecular formula is C21H26N2O3S. The lowest BCUT2D eigenvalue weighted by Crippen LogP contribution is -2.35. The molecule has 27 heavy (non-hydrogen) atoms. The summed E-state index contributed by atoms with van der Waals surface area (Å²) >= 11 is 0. The van der Waals surface area contributed by atoms with Crippen molar-refractivity contribution in [3.63, 3.8) is 0 Å². The van der Waals surface area contributed by atoms with Crippen LogP contribution in [0, 0.1) is 20.8 Å². The maximum absolute atomic E-state index is 13.0. The molecule has 1 amide bonds. The van der Waals surface area contributed by atoms with Crippen LogP contribution in [0.4, 0.5) is 5.69 Å². The molecule has 2 aromatic rings. The van der Waals surface area contributed by atoms with E-state index in [1.165, 1.54) is 6.07 Å². The van der Waals surface area contributed by atoms with Crippen molar-refractivity contribution in [3.8, 4) is 0 Å². The number of carbonyl (C=O) groups is 1. The van der Waals surface area contributed by atoms with Crippen LogP contribution < -0.4 is 4.72 Å². The van der Waals surface area contributed by atoms with E-state index < -0.39 is 10.0 Å². The number of piperidine rings is 1. The van der Waals surface area contributed by atoms with Gasteiger partial charge < -0.3 is 4.90 Å². The number of hydrogen-bond acceptors (Lipinski definition) is 3. The van der Waals surface area contributed by atoms with Crippen molar-refractivity contribution in [1.29, 1.82) is 0 Å². The normalized spacial score (nSPS) is 14.9. The van der Waals surface area contributed by atoms with Gasteiger partial charge in [-0.15, -0.1) is 0 Å². The number of aryl methyl sites for hydroxylation is 3. The minimum Gasteiger partial charge on any atom is -0.339 e. The fourth-order valence-corrected chi connectivity index (χ4v) is 4.74. The Kier molecular flexibility index (Phi) is 5.56. The van der Waals surface area contributed by atoms with Crippen molar-refractivity contribution in [2.45, 2.75) is 44.9 Å². The molecule has 0 aliphatic carbocycles. The van der Waals surface area contributed by atoms with Crippen molar-refractivity contribution in [2.24, 2.45) is 0 Å². The average molecular weight is 387 g/mol. The lowest BCUT2D eigenvalue weighted by Gasteiger charge is -2.27. The summed E-state index contributed by atoms with van der Waals surface area (Å²) in [5.74, 6) is -0.0992. The van der Waals surface area contributed by atoms with E-state index in [1.54, 1.807) is 19.1 Å². The van der Waals surface area contributed by atoms with E-state index >= 15 is 0 Å². The first-order valence-electron chi connectivity index (χ1n) is 9.28. The highest BCUT2D eigenvalue weighted by Crippen LogP contribution is 2.24. The van der Waals surface area contributed by atoms with Crippen molar-refractivity contribution in [1.82, 2.24) is 4.90 Å². The second-order valence-electron chi connectivity index (χ2n) is 7.26. The molecule has 0 aromatic heterocycles. The Morgan fingerprint density at radius 2 is 1.59 bits per heavy atom. The predicted octanol–water partition coefficient (Wildman–Crippen LogP) is 4.04. The number of nitrogens with one attached hydrogen (secondary N) is 1. The zero-order valence-electron chi connectivity index (χ0n) is 16.1. The summed E-state index contributed by atoms with van der Waals surface area (Å²) in [5, 5.41) is 0. The van der Waals surface area contributed by atoms with Crippen LogP contribution in [0.25, 0.3) is 0 Å². The fraction of sp³-hybridized carbons (Fsp3) is 0.381. The molecule has 1 aliphatic rings. The number of amides is 1. The van der Waals surface area contributed by atoms with E-state index in [-0.39, 0.29) is 10.8 Å². The third-order valence-corrected chi connectivity index (χ3v) is 6.51. The lowest BCUT2D eigenvalue weighted by molar-refractivity contribution is 0.0724. The van der Waals surface area contributed by atoms with Crippen LogP contribution in [0.3, 0.4) is 0 Å². The molecule has 144 valence electrons. The molecule has 5 nitrogen and oxygen atoms in total. The van der Waals surface area contributed by atoms with E-state index in [0.717, 1.165) is 43.5 Å². The number of nitrogens with zero attached hydrogens (tertiary/aromatic N) is 1. The number of sulfonamides is 1. The van der Waals surface area contributed by atoms with E-state index in [4.69, 9.17) is 0 Å². The maximum Gasteiger partial charge on any atom is 0.262 e. The van der Waals surface area contributed by atoms with Gasteiger partial charge in [0.2, 0.25) is 0 Å². The Balaban J connectivity index is 1.92. The Morgan fingerprint density at radius 3 is 2.30 bits per heavy atom. The van der Waals surface area contributed by atoms with Gasteiger partial charge in [0.05, 0.1) is 10.6 Å². The molecule has 3 rings (SSSR count). The minimum absolute atomic E-state index is 0.0992. The molecule has 6 heteroatoms. The van der Waals surface area contributed by atoms with Crippen molar-refractivity contribution in [3.05, 3.63) is 58.7 Å². The first-order valence-corrected chi connectivity index (χ1v) is 10.8. The van der Waals surface area contributed by atoms with Gasteiger partial charge in [0.15, 0.2) is 0 Å². The van der Waals surface area contributed by atoms with Crippen molar-refractivity contribution in [2.75, 3.05) is 17.8 Å². The van der Waals surface area contributed by atoms with Gasteiger partial charge in [-0.05, 0) is 74.9 Å². The monoisotopic (exact) mass is 386 g/mol. The topological polar surface area (TPSA) is 66.5 Å². The summed E-state index contributed by atoms with van der Waals surface area (Å²) in [7, 11) is -3.79. The Labute approximate surface area is 161 Å². The van der Waals surface area contributed by atoms with E-state index in [9.17, 15) is 13.2 Å². The van der Waals surface area contributed by atoms with Crippen LogP contribution >= 0.6 is 0 Å². The van der Waals surface area contributed by atoms with Gasteiger partial charge in [-0.3, -0.25) is 9.52 Å². The second-order valence-corrected chi connectivity index (χ2v) is 8.91. The molecule has 0 bridgehead atoms. The summed E-state index contributed by atoms with van der Waals surface area (Å²) in [6.45, 7) is 6.98. The standard InChI is InChI=1S/C21H26N2O3S/c1-15-7-8-16(2)19(13-15)22-27(25,26)20-14-18(10-9-17(20)3)21(24)23-11-5-4-6-12-23/h7-10,13-14,22H,4-6,11-12H2,1-3H3.